The summed E-state index contributed by atoms with van der Waals surface area (Å²) in [7, 11) is 2.96. The van der Waals surface area contributed by atoms with Crippen molar-refractivity contribution in [2.24, 2.45) is 16.8 Å². The predicted octanol–water partition coefficient (Wildman–Crippen LogP) is 10.7. The second-order valence-corrected chi connectivity index (χ2v) is 27.6. The summed E-state index contributed by atoms with van der Waals surface area (Å²) in [5.74, 6) is -3.75. The molecule has 6 atom stereocenters. The van der Waals surface area contributed by atoms with Crippen molar-refractivity contribution in [3.8, 4) is 34.1 Å². The van der Waals surface area contributed by atoms with Crippen molar-refractivity contribution >= 4 is 76.7 Å². The molecule has 11 rings (SSSR count). The van der Waals surface area contributed by atoms with Gasteiger partial charge in [0, 0.05) is 87.0 Å². The second-order valence-electron chi connectivity index (χ2n) is 27.6. The molecule has 0 radical (unpaired) electrons. The summed E-state index contributed by atoms with van der Waals surface area (Å²) in [6.45, 7) is 9.49. The lowest BCUT2D eigenvalue weighted by molar-refractivity contribution is -0.148. The number of amides is 7. The van der Waals surface area contributed by atoms with Gasteiger partial charge in [-0.2, -0.15) is 0 Å². The third kappa shape index (κ3) is 17.1. The molecule has 0 bridgehead atoms. The molecule has 0 fully saturated rings. The lowest BCUT2D eigenvalue weighted by Crippen LogP contribution is -2.50. The largest absolute Gasteiger partial charge is 0.493 e. The first-order valence-corrected chi connectivity index (χ1v) is 35.6. The minimum absolute atomic E-state index is 0.00738. The number of methoxy groups -OCH3 is 2. The molecule has 0 spiro atoms. The monoisotopic (exact) mass is 1420 g/mol. The zero-order valence-electron chi connectivity index (χ0n) is 59.7. The van der Waals surface area contributed by atoms with E-state index in [9.17, 15) is 53.1 Å². The molecule has 5 aromatic carbocycles. The quantitative estimate of drug-likeness (QED) is 0.0200. The third-order valence-corrected chi connectivity index (χ3v) is 19.8. The minimum atomic E-state index is -1.54. The molecule has 24 nitrogen and oxygen atoms in total. The molecule has 0 aromatic heterocycles. The number of hydrogen-bond donors (Lipinski definition) is 3. The Bertz CT molecular complexity index is 4210. The number of anilines is 1. The fraction of sp³-hybridized carbons (Fsp3) is 0.412. The van der Waals surface area contributed by atoms with Crippen LogP contribution in [0.1, 0.15) is 161 Å². The number of benzene rings is 5. The molecule has 104 heavy (non-hydrogen) atoms. The molecule has 5 aromatic rings. The molecule has 5 aliphatic heterocycles. The molecule has 6 aliphatic rings. The van der Waals surface area contributed by atoms with Crippen molar-refractivity contribution in [3.05, 3.63) is 166 Å². The van der Waals surface area contributed by atoms with Gasteiger partial charge < -0.3 is 54.0 Å². The van der Waals surface area contributed by atoms with E-state index in [4.69, 9.17) is 28.4 Å². The number of rotatable bonds is 33. The van der Waals surface area contributed by atoms with Crippen LogP contribution < -0.4 is 34.5 Å². The highest BCUT2D eigenvalue weighted by atomic mass is 16.6. The SMILES string of the molecule is COc1cc2c(cc1OCCCCCOc1cc3c(cc1OC)C(=O)N1C=C(C)C[C@H]1[C@H](O)N3C(=O)OCc1ccc(CC(=O)[C@H](C)NC(=O)[C@@H](CC(=O)CC[C@H](NC(=O)CCCCCN3C(=O)C=CC3=O)C(=O)OCC3c4ccccc4-c4ccccc43)C(C)C)cc1)N=C[C@@H]1CC(C)=CN1C2=O. The van der Waals surface area contributed by atoms with Crippen molar-refractivity contribution < 1.29 is 81.5 Å². The van der Waals surface area contributed by atoms with E-state index < -0.39 is 60.1 Å². The first kappa shape index (κ1) is 74.4. The smallest absolute Gasteiger partial charge is 0.416 e. The fourth-order valence-corrected chi connectivity index (χ4v) is 14.0. The van der Waals surface area contributed by atoms with Crippen molar-refractivity contribution in [2.45, 2.75) is 161 Å². The number of nitrogens with one attached hydrogen (secondary N) is 2. The van der Waals surface area contributed by atoms with E-state index in [1.54, 1.807) is 74.5 Å². The number of aliphatic hydroxyl groups excluding tert-OH is 1. The first-order valence-electron chi connectivity index (χ1n) is 35.6. The van der Waals surface area contributed by atoms with Gasteiger partial charge >= 0.3 is 12.1 Å². The van der Waals surface area contributed by atoms with Crippen LogP contribution in [0.3, 0.4) is 0 Å². The summed E-state index contributed by atoms with van der Waals surface area (Å²) in [5.41, 5.74) is 8.22. The van der Waals surface area contributed by atoms with Crippen molar-refractivity contribution in [1.29, 1.82) is 0 Å². The predicted molar refractivity (Wildman–Crippen MR) is 385 cm³/mol. The van der Waals surface area contributed by atoms with Gasteiger partial charge in [0.1, 0.15) is 25.0 Å². The van der Waals surface area contributed by atoms with Crippen LogP contribution in [0.15, 0.2) is 138 Å². The Morgan fingerprint density at radius 2 is 1.25 bits per heavy atom. The molecule has 7 amide bonds. The molecule has 3 N–H and O–H groups in total. The maximum absolute atomic E-state index is 14.4. The van der Waals surface area contributed by atoms with E-state index in [2.05, 4.69) is 15.6 Å². The van der Waals surface area contributed by atoms with E-state index in [1.165, 1.54) is 43.4 Å². The summed E-state index contributed by atoms with van der Waals surface area (Å²) in [4.78, 5) is 145. The number of Topliss-reactive ketones (excluding diaryl/α,β-unsaturated/α-hetero) is 2. The Morgan fingerprint density at radius 1 is 0.644 bits per heavy atom. The van der Waals surface area contributed by atoms with Gasteiger partial charge in [0.15, 0.2) is 35.0 Å². The lowest BCUT2D eigenvalue weighted by atomic mass is 9.88. The number of ether oxygens (including phenoxy) is 6. The first-order chi connectivity index (χ1) is 50.1. The van der Waals surface area contributed by atoms with Crippen LogP contribution >= 0.6 is 0 Å². The molecular weight excluding hydrogens is 1330 g/mol. The number of carbonyl (C=O) groups excluding carboxylic acids is 10. The van der Waals surface area contributed by atoms with E-state index in [0.717, 1.165) is 49.6 Å². The number of esters is 1. The van der Waals surface area contributed by atoms with E-state index in [1.807, 2.05) is 68.6 Å². The van der Waals surface area contributed by atoms with E-state index >= 15 is 0 Å². The number of aliphatic imine (C=N–C) groups is 1. The average Bonchev–Trinajstić information content (AvgIpc) is 1.60. The summed E-state index contributed by atoms with van der Waals surface area (Å²) in [6, 6.07) is 25.8. The maximum Gasteiger partial charge on any atom is 0.416 e. The number of unbranched alkanes of at least 4 members (excludes halogenated alkanes) is 4. The molecule has 24 heteroatoms. The Kier molecular flexibility index (Phi) is 24.0. The normalized spacial score (nSPS) is 17.9. The van der Waals surface area contributed by atoms with E-state index in [0.29, 0.717) is 85.4 Å². The zero-order chi connectivity index (χ0) is 73.9. The van der Waals surface area contributed by atoms with Gasteiger partial charge in [0.2, 0.25) is 11.8 Å². The Morgan fingerprint density at radius 3 is 1.91 bits per heavy atom. The van der Waals surface area contributed by atoms with Gasteiger partial charge in [-0.3, -0.25) is 48.2 Å². The minimum Gasteiger partial charge on any atom is -0.493 e. The molecule has 5 heterocycles. The number of carbonyl (C=O) groups is 10. The summed E-state index contributed by atoms with van der Waals surface area (Å²) >= 11 is 0. The molecule has 0 saturated heterocycles. The van der Waals surface area contributed by atoms with Gasteiger partial charge in [-0.1, -0.05) is 104 Å². The van der Waals surface area contributed by atoms with Gasteiger partial charge in [-0.25, -0.2) is 14.5 Å². The maximum atomic E-state index is 14.4. The van der Waals surface area contributed by atoms with Gasteiger partial charge in [0.05, 0.1) is 68.1 Å². The van der Waals surface area contributed by atoms with Crippen LogP contribution in [0.4, 0.5) is 16.2 Å². The summed E-state index contributed by atoms with van der Waals surface area (Å²) in [5, 5.41) is 17.6. The third-order valence-electron chi connectivity index (χ3n) is 19.8. The molecule has 0 unspecified atom stereocenters. The molecule has 0 saturated carbocycles. The highest BCUT2D eigenvalue weighted by Crippen LogP contribution is 2.46. The number of ketones is 2. The summed E-state index contributed by atoms with van der Waals surface area (Å²) in [6.07, 6.45) is 9.10. The topological polar surface area (TPSA) is 296 Å². The van der Waals surface area contributed by atoms with Crippen LogP contribution in [-0.2, 0) is 56.1 Å². The van der Waals surface area contributed by atoms with Gasteiger partial charge in [-0.05, 0) is 124 Å². The van der Waals surface area contributed by atoms with Crippen LogP contribution in [0.2, 0.25) is 0 Å². The molecular formula is C80H89N7O17. The Labute approximate surface area is 604 Å². The van der Waals surface area contributed by atoms with Crippen LogP contribution in [-0.4, -0.2) is 156 Å². The molecule has 546 valence electrons. The Balaban J connectivity index is 0.660. The highest BCUT2D eigenvalue weighted by Gasteiger charge is 2.46. The summed E-state index contributed by atoms with van der Waals surface area (Å²) < 4.78 is 35.6. The van der Waals surface area contributed by atoms with Crippen LogP contribution in [0.5, 0.6) is 23.0 Å². The number of aliphatic hydroxyl groups is 1. The Hall–Kier alpha value is -10.8. The standard InChI is InChI=1S/C80H89N7O17/c1-47(2)59(37-54(88)27-28-63(83-72(90)22-10-8-15-31-84-73(91)29-30-74(84)92)79(97)103-46-62-57-20-13-11-18-55(57)56-19-12-14-21-58(56)62)75(93)82-50(5)67(89)36-51-23-25-52(26-24-51)45-104-80(98)87-65-41-71(69(100-7)39-61(65)77(95)86-44-49(4)35-66(86)78(87)96)102-33-17-9-16-32-101-70-40-64-60(38-68(70)99-6)76(94)85-43-48(3)34-53(85)42-81-64/h11-14,18-21,23-26,29-30,38-44,47,50,53,59,62-63,66,78,96H,8-10,15-17,22,27-28,31-37,45-46H2,1-7H3,(H,82,93)(H,83,90)/t50-,53-,59-,63-,66-,78-/m0/s1. The number of imide groups is 1. The fourth-order valence-electron chi connectivity index (χ4n) is 14.0. The van der Waals surface area contributed by atoms with Crippen molar-refractivity contribution in [2.75, 3.05) is 45.5 Å². The van der Waals surface area contributed by atoms with Crippen LogP contribution in [0.25, 0.3) is 11.1 Å². The number of nitrogens with zero attached hydrogens (tertiary/aromatic N) is 5. The lowest BCUT2D eigenvalue weighted by Gasteiger charge is -2.31. The molecule has 1 aliphatic carbocycles. The van der Waals surface area contributed by atoms with Crippen molar-refractivity contribution in [3.63, 3.8) is 0 Å². The number of fused-ring (bicyclic) bond motifs is 7. The van der Waals surface area contributed by atoms with Gasteiger partial charge in [-0.15, -0.1) is 0 Å². The van der Waals surface area contributed by atoms with E-state index in [-0.39, 0.29) is 128 Å². The average molecular weight is 1420 g/mol. The second kappa shape index (κ2) is 33.6. The highest BCUT2D eigenvalue weighted by molar-refractivity contribution is 6.13. The zero-order valence-corrected chi connectivity index (χ0v) is 59.7. The van der Waals surface area contributed by atoms with Gasteiger partial charge in [0.25, 0.3) is 23.6 Å². The van der Waals surface area contributed by atoms with Crippen LogP contribution in [0, 0.1) is 11.8 Å². The van der Waals surface area contributed by atoms with Crippen molar-refractivity contribution in [1.82, 2.24) is 25.3 Å². The number of hydrogen-bond acceptors (Lipinski definition) is 18.